The Morgan fingerprint density at radius 3 is 2.28 bits per heavy atom. The van der Waals surface area contributed by atoms with Crippen LogP contribution in [0.1, 0.15) is 82.5 Å². The molecule has 0 aliphatic heterocycles. The first-order valence-electron chi connectivity index (χ1n) is 11.0. The Hall–Kier alpha value is -2.62. The van der Waals surface area contributed by atoms with Gasteiger partial charge in [0.05, 0.1) is 16.7 Å². The highest BCUT2D eigenvalue weighted by Crippen LogP contribution is 2.36. The molecule has 1 fully saturated rings. The van der Waals surface area contributed by atoms with Crippen LogP contribution < -0.4 is 4.90 Å². The Morgan fingerprint density at radius 1 is 1.06 bits per heavy atom. The van der Waals surface area contributed by atoms with Crippen LogP contribution in [0.5, 0.6) is 0 Å². The monoisotopic (exact) mass is 453 g/mol. The first kappa shape index (κ1) is 24.0. The van der Waals surface area contributed by atoms with Gasteiger partial charge in [-0.05, 0) is 89.6 Å². The van der Waals surface area contributed by atoms with E-state index in [2.05, 4.69) is 11.8 Å². The van der Waals surface area contributed by atoms with E-state index in [4.69, 9.17) is 0 Å². The number of aryl methyl sites for hydroxylation is 2. The van der Waals surface area contributed by atoms with Gasteiger partial charge in [-0.1, -0.05) is 17.9 Å². The molecule has 1 aliphatic rings. The second-order valence-corrected chi connectivity index (χ2v) is 10.6. The minimum absolute atomic E-state index is 0.117. The third kappa shape index (κ3) is 5.59. The van der Waals surface area contributed by atoms with Gasteiger partial charge in [-0.25, -0.2) is 4.79 Å². The van der Waals surface area contributed by atoms with Crippen molar-refractivity contribution in [1.82, 2.24) is 0 Å². The summed E-state index contributed by atoms with van der Waals surface area (Å²) in [6, 6.07) is 7.12. The van der Waals surface area contributed by atoms with Crippen LogP contribution in [-0.2, 0) is 0 Å². The molecule has 0 saturated heterocycles. The number of amides is 1. The Balaban J connectivity index is 2.11. The molecule has 5 nitrogen and oxygen atoms in total. The normalized spacial score (nSPS) is 18.6. The maximum atomic E-state index is 13.7. The van der Waals surface area contributed by atoms with Crippen LogP contribution in [0.3, 0.4) is 0 Å². The minimum atomic E-state index is -1.07. The number of carbonyl (C=O) groups excluding carboxylic acids is 1. The van der Waals surface area contributed by atoms with Gasteiger partial charge < -0.3 is 15.1 Å². The number of carbonyl (C=O) groups is 2. The molecule has 3 rings (SSSR count). The molecule has 1 aromatic heterocycles. The second-order valence-electron chi connectivity index (χ2n) is 9.57. The molecule has 2 aromatic rings. The molecule has 1 heterocycles. The van der Waals surface area contributed by atoms with Crippen molar-refractivity contribution in [2.75, 3.05) is 4.90 Å². The van der Waals surface area contributed by atoms with Gasteiger partial charge in [0.1, 0.15) is 4.88 Å². The van der Waals surface area contributed by atoms with Gasteiger partial charge in [0.25, 0.3) is 5.91 Å². The summed E-state index contributed by atoms with van der Waals surface area (Å²) < 4.78 is 0. The first-order valence-corrected chi connectivity index (χ1v) is 11.8. The van der Waals surface area contributed by atoms with Gasteiger partial charge in [0, 0.05) is 17.0 Å². The lowest BCUT2D eigenvalue weighted by Crippen LogP contribution is -2.43. The SMILES string of the molecule is Cc1ccc(C(=O)N(c2cc(C#CC(C)(C)C)sc2C(=O)O)C2CCC(O)CC2)cc1C. The third-order valence-electron chi connectivity index (χ3n) is 5.73. The quantitative estimate of drug-likeness (QED) is 0.607. The van der Waals surface area contributed by atoms with Crippen molar-refractivity contribution in [3.63, 3.8) is 0 Å². The molecule has 0 atom stereocenters. The van der Waals surface area contributed by atoms with E-state index in [1.165, 1.54) is 0 Å². The molecule has 0 radical (unpaired) electrons. The Kier molecular flexibility index (Phi) is 7.12. The maximum absolute atomic E-state index is 13.7. The molecular formula is C26H31NO4S. The number of hydrogen-bond donors (Lipinski definition) is 2. The molecule has 0 unspecified atom stereocenters. The largest absolute Gasteiger partial charge is 0.477 e. The van der Waals surface area contributed by atoms with Crippen molar-refractivity contribution in [2.45, 2.75) is 72.4 Å². The van der Waals surface area contributed by atoms with Crippen LogP contribution in [-0.4, -0.2) is 34.2 Å². The molecule has 1 aliphatic carbocycles. The number of aliphatic hydroxyl groups is 1. The lowest BCUT2D eigenvalue weighted by atomic mass is 9.91. The van der Waals surface area contributed by atoms with Crippen molar-refractivity contribution < 1.29 is 19.8 Å². The highest BCUT2D eigenvalue weighted by Gasteiger charge is 2.34. The van der Waals surface area contributed by atoms with Crippen molar-refractivity contribution in [1.29, 1.82) is 0 Å². The van der Waals surface area contributed by atoms with E-state index in [-0.39, 0.29) is 28.3 Å². The van der Waals surface area contributed by atoms with E-state index in [0.29, 0.717) is 41.8 Å². The van der Waals surface area contributed by atoms with Crippen molar-refractivity contribution in [3.05, 3.63) is 50.7 Å². The first-order chi connectivity index (χ1) is 15.0. The predicted molar refractivity (Wildman–Crippen MR) is 129 cm³/mol. The number of anilines is 1. The lowest BCUT2D eigenvalue weighted by molar-refractivity contribution is 0.0702. The number of carboxylic acids is 1. The molecule has 2 N–H and O–H groups in total. The molecule has 1 amide bonds. The van der Waals surface area contributed by atoms with Gasteiger partial charge in [0.15, 0.2) is 0 Å². The standard InChI is InChI=1S/C26H31NO4S/c1-16-6-7-18(14-17(16)2)24(29)27(19-8-10-20(28)11-9-19)22-15-21(12-13-26(3,4)5)32-23(22)25(30)31/h6-7,14-15,19-20,28H,8-11H2,1-5H3,(H,30,31). The number of aromatic carboxylic acids is 1. The molecule has 6 heteroatoms. The average Bonchev–Trinajstić information content (AvgIpc) is 3.14. The fourth-order valence-electron chi connectivity index (χ4n) is 3.83. The molecule has 170 valence electrons. The van der Waals surface area contributed by atoms with Gasteiger partial charge >= 0.3 is 5.97 Å². The zero-order valence-electron chi connectivity index (χ0n) is 19.4. The van der Waals surface area contributed by atoms with E-state index in [0.717, 1.165) is 22.5 Å². The maximum Gasteiger partial charge on any atom is 0.348 e. The number of hydrogen-bond acceptors (Lipinski definition) is 4. The summed E-state index contributed by atoms with van der Waals surface area (Å²) in [4.78, 5) is 28.2. The topological polar surface area (TPSA) is 77.8 Å². The number of nitrogens with zero attached hydrogens (tertiary/aromatic N) is 1. The highest BCUT2D eigenvalue weighted by atomic mass is 32.1. The molecule has 1 saturated carbocycles. The van der Waals surface area contributed by atoms with Gasteiger partial charge in [-0.3, -0.25) is 4.79 Å². The molecule has 0 bridgehead atoms. The number of thiophene rings is 1. The summed E-state index contributed by atoms with van der Waals surface area (Å²) in [5, 5.41) is 19.9. The number of carboxylic acid groups (broad SMARTS) is 1. The predicted octanol–water partition coefficient (Wildman–Crippen LogP) is 5.41. The zero-order chi connectivity index (χ0) is 23.6. The van der Waals surface area contributed by atoms with E-state index in [1.807, 2.05) is 46.8 Å². The van der Waals surface area contributed by atoms with Crippen molar-refractivity contribution in [3.8, 4) is 11.8 Å². The second kappa shape index (κ2) is 9.48. The zero-order valence-corrected chi connectivity index (χ0v) is 20.2. The molecule has 32 heavy (non-hydrogen) atoms. The van der Waals surface area contributed by atoms with Crippen LogP contribution in [0.15, 0.2) is 24.3 Å². The summed E-state index contributed by atoms with van der Waals surface area (Å²) in [5.74, 6) is 4.95. The summed E-state index contributed by atoms with van der Waals surface area (Å²) in [7, 11) is 0. The van der Waals surface area contributed by atoms with E-state index in [1.54, 1.807) is 17.0 Å². The number of aliphatic hydroxyl groups excluding tert-OH is 1. The van der Waals surface area contributed by atoms with Crippen LogP contribution >= 0.6 is 11.3 Å². The minimum Gasteiger partial charge on any atom is -0.477 e. The van der Waals surface area contributed by atoms with E-state index >= 15 is 0 Å². The Morgan fingerprint density at radius 2 is 1.72 bits per heavy atom. The molecule has 0 spiro atoms. The van der Waals surface area contributed by atoms with Crippen LogP contribution in [0, 0.1) is 31.1 Å². The average molecular weight is 454 g/mol. The Labute approximate surface area is 194 Å². The van der Waals surface area contributed by atoms with Crippen LogP contribution in [0.4, 0.5) is 5.69 Å². The third-order valence-corrected chi connectivity index (χ3v) is 6.76. The highest BCUT2D eigenvalue weighted by molar-refractivity contribution is 7.15. The summed E-state index contributed by atoms with van der Waals surface area (Å²) in [6.45, 7) is 9.94. The lowest BCUT2D eigenvalue weighted by Gasteiger charge is -2.35. The summed E-state index contributed by atoms with van der Waals surface area (Å²) in [5.41, 5.74) is 2.81. The number of benzene rings is 1. The number of rotatable bonds is 4. The summed E-state index contributed by atoms with van der Waals surface area (Å²) >= 11 is 1.10. The molecular weight excluding hydrogens is 422 g/mol. The fraction of sp³-hybridized carbons (Fsp3) is 0.462. The van der Waals surface area contributed by atoms with Crippen molar-refractivity contribution in [2.24, 2.45) is 5.41 Å². The summed E-state index contributed by atoms with van der Waals surface area (Å²) in [6.07, 6.45) is 2.04. The smallest absolute Gasteiger partial charge is 0.348 e. The molecule has 1 aromatic carbocycles. The van der Waals surface area contributed by atoms with Crippen LogP contribution in [0.25, 0.3) is 0 Å². The Bertz CT molecular complexity index is 1080. The van der Waals surface area contributed by atoms with E-state index in [9.17, 15) is 19.8 Å². The van der Waals surface area contributed by atoms with Crippen molar-refractivity contribution >= 4 is 28.9 Å². The van der Waals surface area contributed by atoms with Gasteiger partial charge in [-0.2, -0.15) is 0 Å². The van der Waals surface area contributed by atoms with E-state index < -0.39 is 5.97 Å². The van der Waals surface area contributed by atoms with Gasteiger partial charge in [0.2, 0.25) is 0 Å². The fourth-order valence-corrected chi connectivity index (χ4v) is 4.67. The van der Waals surface area contributed by atoms with Crippen LogP contribution in [0.2, 0.25) is 0 Å². The van der Waals surface area contributed by atoms with Gasteiger partial charge in [-0.15, -0.1) is 11.3 Å².